The van der Waals surface area contributed by atoms with Gasteiger partial charge in [0.2, 0.25) is 0 Å². The maximum absolute atomic E-state index is 13.9. The molecule has 0 unspecified atom stereocenters. The van der Waals surface area contributed by atoms with Crippen molar-refractivity contribution in [2.45, 2.75) is 16.5 Å². The summed E-state index contributed by atoms with van der Waals surface area (Å²) in [6.07, 6.45) is 0. The average molecular weight is 297 g/mol. The molecule has 0 saturated carbocycles. The van der Waals surface area contributed by atoms with Gasteiger partial charge in [0.1, 0.15) is 0 Å². The number of halogens is 2. The first-order valence-electron chi connectivity index (χ1n) is 5.83. The van der Waals surface area contributed by atoms with Gasteiger partial charge in [-0.15, -0.1) is 23.4 Å². The third-order valence-electron chi connectivity index (χ3n) is 2.74. The Hall–Kier alpha value is -1.19. The molecule has 0 bridgehead atoms. The predicted octanol–water partition coefficient (Wildman–Crippen LogP) is 4.87. The van der Waals surface area contributed by atoms with E-state index in [4.69, 9.17) is 16.3 Å². The maximum atomic E-state index is 13.9. The van der Waals surface area contributed by atoms with Crippen LogP contribution >= 0.6 is 23.4 Å². The predicted molar refractivity (Wildman–Crippen MR) is 78.5 cm³/mol. The summed E-state index contributed by atoms with van der Waals surface area (Å²) >= 11 is 7.32. The number of benzene rings is 2. The lowest BCUT2D eigenvalue weighted by atomic mass is 10.2. The number of hydrogen-bond acceptors (Lipinski definition) is 2. The van der Waals surface area contributed by atoms with E-state index in [1.165, 1.54) is 7.11 Å². The lowest BCUT2D eigenvalue weighted by Crippen LogP contribution is -1.93. The molecule has 100 valence electrons. The number of hydrogen-bond donors (Lipinski definition) is 0. The zero-order chi connectivity index (χ0) is 13.7. The quantitative estimate of drug-likeness (QED) is 0.575. The van der Waals surface area contributed by atoms with Gasteiger partial charge in [0.25, 0.3) is 0 Å². The van der Waals surface area contributed by atoms with Gasteiger partial charge in [0.15, 0.2) is 11.6 Å². The highest BCUT2D eigenvalue weighted by Gasteiger charge is 2.08. The highest BCUT2D eigenvalue weighted by molar-refractivity contribution is 7.98. The van der Waals surface area contributed by atoms with E-state index in [9.17, 15) is 4.39 Å². The fourth-order valence-corrected chi connectivity index (χ4v) is 2.71. The highest BCUT2D eigenvalue weighted by Crippen LogP contribution is 2.27. The largest absolute Gasteiger partial charge is 0.494 e. The van der Waals surface area contributed by atoms with Gasteiger partial charge >= 0.3 is 0 Å². The Morgan fingerprint density at radius 1 is 1.16 bits per heavy atom. The van der Waals surface area contributed by atoms with Crippen molar-refractivity contribution < 1.29 is 9.13 Å². The van der Waals surface area contributed by atoms with Gasteiger partial charge < -0.3 is 4.74 Å². The first kappa shape index (κ1) is 14.2. The molecule has 0 N–H and O–H groups in total. The summed E-state index contributed by atoms with van der Waals surface area (Å²) in [5.74, 6) is 1.09. The molecule has 2 rings (SSSR count). The van der Waals surface area contributed by atoms with Crippen molar-refractivity contribution in [3.63, 3.8) is 0 Å². The fraction of sp³-hybridized carbons (Fsp3) is 0.200. The number of methoxy groups -OCH3 is 1. The molecule has 0 aromatic heterocycles. The Labute approximate surface area is 121 Å². The smallest absolute Gasteiger partial charge is 0.169 e. The molecule has 0 saturated heterocycles. The zero-order valence-corrected chi connectivity index (χ0v) is 12.1. The monoisotopic (exact) mass is 296 g/mol. The van der Waals surface area contributed by atoms with Crippen molar-refractivity contribution in [1.82, 2.24) is 0 Å². The van der Waals surface area contributed by atoms with Crippen molar-refractivity contribution in [1.29, 1.82) is 0 Å². The van der Waals surface area contributed by atoms with Crippen LogP contribution in [0.5, 0.6) is 5.75 Å². The second kappa shape index (κ2) is 6.83. The summed E-state index contributed by atoms with van der Waals surface area (Å²) in [4.78, 5) is 1.09. The standard InChI is InChI=1S/C15H14ClFOS/c1-18-14-4-2-3-12(15(14)17)10-19-13-7-5-11(9-16)6-8-13/h2-8H,9-10H2,1H3. The summed E-state index contributed by atoms with van der Waals surface area (Å²) in [7, 11) is 1.47. The third kappa shape index (κ3) is 3.64. The van der Waals surface area contributed by atoms with E-state index in [-0.39, 0.29) is 11.6 Å². The second-order valence-electron chi connectivity index (χ2n) is 4.00. The molecule has 2 aromatic carbocycles. The van der Waals surface area contributed by atoms with Crippen LogP contribution in [0.4, 0.5) is 4.39 Å². The van der Waals surface area contributed by atoms with E-state index in [1.54, 1.807) is 30.0 Å². The van der Waals surface area contributed by atoms with Crippen molar-refractivity contribution in [3.8, 4) is 5.75 Å². The number of alkyl halides is 1. The molecule has 2 aromatic rings. The van der Waals surface area contributed by atoms with Crippen molar-refractivity contribution in [2.75, 3.05) is 7.11 Å². The summed E-state index contributed by atoms with van der Waals surface area (Å²) in [5.41, 5.74) is 1.73. The van der Waals surface area contributed by atoms with E-state index in [0.29, 0.717) is 17.2 Å². The second-order valence-corrected chi connectivity index (χ2v) is 5.32. The summed E-state index contributed by atoms with van der Waals surface area (Å²) in [5, 5.41) is 0. The van der Waals surface area contributed by atoms with Crippen molar-refractivity contribution in [2.24, 2.45) is 0 Å². The van der Waals surface area contributed by atoms with E-state index in [2.05, 4.69) is 0 Å². The Bertz CT molecular complexity index is 542. The summed E-state index contributed by atoms with van der Waals surface area (Å²) in [6.45, 7) is 0. The highest BCUT2D eigenvalue weighted by atomic mass is 35.5. The molecule has 19 heavy (non-hydrogen) atoms. The molecule has 0 radical (unpaired) electrons. The van der Waals surface area contributed by atoms with Gasteiger partial charge in [-0.3, -0.25) is 0 Å². The van der Waals surface area contributed by atoms with Crippen LogP contribution in [0.3, 0.4) is 0 Å². The molecule has 0 heterocycles. The molecule has 0 aliphatic rings. The molecule has 0 aliphatic heterocycles. The van der Waals surface area contributed by atoms with Gasteiger partial charge in [0.05, 0.1) is 7.11 Å². The number of rotatable bonds is 5. The topological polar surface area (TPSA) is 9.23 Å². The number of thioether (sulfide) groups is 1. The maximum Gasteiger partial charge on any atom is 0.169 e. The minimum Gasteiger partial charge on any atom is -0.494 e. The first-order valence-corrected chi connectivity index (χ1v) is 7.35. The SMILES string of the molecule is COc1cccc(CSc2ccc(CCl)cc2)c1F. The van der Waals surface area contributed by atoms with Crippen LogP contribution in [0.25, 0.3) is 0 Å². The molecular weight excluding hydrogens is 283 g/mol. The van der Waals surface area contributed by atoms with Crippen LogP contribution in [0.15, 0.2) is 47.4 Å². The van der Waals surface area contributed by atoms with Crippen LogP contribution in [-0.2, 0) is 11.6 Å². The van der Waals surface area contributed by atoms with Crippen LogP contribution in [0.2, 0.25) is 0 Å². The molecule has 0 spiro atoms. The van der Waals surface area contributed by atoms with Crippen LogP contribution in [-0.4, -0.2) is 7.11 Å². The first-order chi connectivity index (χ1) is 9.24. The normalized spacial score (nSPS) is 10.5. The minimum absolute atomic E-state index is 0.283. The minimum atomic E-state index is -0.283. The van der Waals surface area contributed by atoms with Crippen molar-refractivity contribution >= 4 is 23.4 Å². The van der Waals surface area contributed by atoms with Crippen LogP contribution in [0.1, 0.15) is 11.1 Å². The van der Waals surface area contributed by atoms with Crippen molar-refractivity contribution in [3.05, 3.63) is 59.4 Å². The van der Waals surface area contributed by atoms with E-state index in [0.717, 1.165) is 10.5 Å². The molecule has 0 fully saturated rings. The molecular formula is C15H14ClFOS. The van der Waals surface area contributed by atoms with Gasteiger partial charge in [-0.2, -0.15) is 0 Å². The molecule has 4 heteroatoms. The van der Waals surface area contributed by atoms with E-state index >= 15 is 0 Å². The van der Waals surface area contributed by atoms with Gasteiger partial charge in [0, 0.05) is 22.1 Å². The molecule has 0 aliphatic carbocycles. The number of ether oxygens (including phenoxy) is 1. The zero-order valence-electron chi connectivity index (χ0n) is 10.5. The van der Waals surface area contributed by atoms with E-state index in [1.807, 2.05) is 24.3 Å². The van der Waals surface area contributed by atoms with Gasteiger partial charge in [-0.1, -0.05) is 24.3 Å². The lowest BCUT2D eigenvalue weighted by Gasteiger charge is -2.07. The Morgan fingerprint density at radius 3 is 2.53 bits per heavy atom. The Balaban J connectivity index is 2.05. The lowest BCUT2D eigenvalue weighted by molar-refractivity contribution is 0.385. The molecule has 0 atom stereocenters. The van der Waals surface area contributed by atoms with Gasteiger partial charge in [-0.25, -0.2) is 4.39 Å². The third-order valence-corrected chi connectivity index (χ3v) is 4.10. The van der Waals surface area contributed by atoms with Crippen LogP contribution < -0.4 is 4.74 Å². The molecule has 1 nitrogen and oxygen atoms in total. The average Bonchev–Trinajstić information content (AvgIpc) is 2.47. The molecule has 0 amide bonds. The van der Waals surface area contributed by atoms with Gasteiger partial charge in [-0.05, 0) is 23.8 Å². The summed E-state index contributed by atoms with van der Waals surface area (Å²) in [6, 6.07) is 13.2. The fourth-order valence-electron chi connectivity index (χ4n) is 1.66. The summed E-state index contributed by atoms with van der Waals surface area (Å²) < 4.78 is 18.9. The van der Waals surface area contributed by atoms with Crippen LogP contribution in [0, 0.1) is 5.82 Å². The Morgan fingerprint density at radius 2 is 1.89 bits per heavy atom. The Kier molecular flexibility index (Phi) is 5.11. The van der Waals surface area contributed by atoms with E-state index < -0.39 is 0 Å².